The van der Waals surface area contributed by atoms with E-state index in [1.165, 1.54) is 6.92 Å². The van der Waals surface area contributed by atoms with Crippen molar-refractivity contribution in [1.29, 1.82) is 5.26 Å². The van der Waals surface area contributed by atoms with Gasteiger partial charge >= 0.3 is 12.1 Å². The minimum Gasteiger partial charge on any atom is -0.370 e. The highest BCUT2D eigenvalue weighted by atomic mass is 35.5. The molecule has 38 heavy (non-hydrogen) atoms. The first-order valence-corrected chi connectivity index (χ1v) is 12.9. The van der Waals surface area contributed by atoms with Gasteiger partial charge in [-0.1, -0.05) is 0 Å². The zero-order chi connectivity index (χ0) is 28.8. The number of likely N-dealkylation sites (tertiary alicyclic amines) is 1. The molecule has 0 radical (unpaired) electrons. The molecule has 3 aliphatic rings. The number of nitriles is 1. The van der Waals surface area contributed by atoms with Crippen molar-refractivity contribution < 1.29 is 37.1 Å². The first-order chi connectivity index (χ1) is 17.4. The molecule has 1 aliphatic carbocycles. The quantitative estimate of drug-likeness (QED) is 0.369. The van der Waals surface area contributed by atoms with E-state index in [9.17, 15) is 37.6 Å². The van der Waals surface area contributed by atoms with Crippen molar-refractivity contribution in [3.05, 3.63) is 0 Å². The molecule has 0 aromatic carbocycles. The number of alkyl halides is 5. The summed E-state index contributed by atoms with van der Waals surface area (Å²) in [5.74, 6) is -6.13. The van der Waals surface area contributed by atoms with Crippen molar-refractivity contribution in [3.8, 4) is 6.07 Å². The summed E-state index contributed by atoms with van der Waals surface area (Å²) in [6.45, 7) is 6.50. The van der Waals surface area contributed by atoms with Crippen LogP contribution >= 0.6 is 23.2 Å². The van der Waals surface area contributed by atoms with Gasteiger partial charge in [-0.2, -0.15) is 18.4 Å². The summed E-state index contributed by atoms with van der Waals surface area (Å²) in [7, 11) is 0. The molecule has 10 nitrogen and oxygen atoms in total. The molecule has 0 aromatic rings. The van der Waals surface area contributed by atoms with Gasteiger partial charge in [0.1, 0.15) is 22.5 Å². The van der Waals surface area contributed by atoms with Gasteiger partial charge in [0.05, 0.1) is 17.8 Å². The van der Waals surface area contributed by atoms with Gasteiger partial charge in [0.15, 0.2) is 0 Å². The highest BCUT2D eigenvalue weighted by molar-refractivity contribution is 6.51. The Labute approximate surface area is 227 Å². The Morgan fingerprint density at radius 2 is 1.89 bits per heavy atom. The average molecular weight is 584 g/mol. The van der Waals surface area contributed by atoms with Gasteiger partial charge < -0.3 is 25.6 Å². The maximum atomic E-state index is 13.6. The number of amides is 4. The summed E-state index contributed by atoms with van der Waals surface area (Å²) in [5.41, 5.74) is -0.876. The number of halogens is 5. The normalized spacial score (nSPS) is 28.4. The maximum Gasteiger partial charge on any atom is 0.471 e. The molecule has 1 saturated carbocycles. The van der Waals surface area contributed by atoms with Gasteiger partial charge in [-0.3, -0.25) is 19.2 Å². The Morgan fingerprint density at radius 1 is 1.26 bits per heavy atom. The van der Waals surface area contributed by atoms with E-state index in [0.717, 1.165) is 4.90 Å². The highest BCUT2D eigenvalue weighted by Crippen LogP contribution is 2.65. The number of piperidine rings is 1. The van der Waals surface area contributed by atoms with E-state index >= 15 is 0 Å². The van der Waals surface area contributed by atoms with E-state index in [4.69, 9.17) is 27.9 Å². The Morgan fingerprint density at radius 3 is 2.39 bits per heavy atom. The van der Waals surface area contributed by atoms with Crippen LogP contribution in [-0.4, -0.2) is 82.0 Å². The topological polar surface area (TPSA) is 141 Å². The lowest BCUT2D eigenvalue weighted by Crippen LogP contribution is -2.61. The van der Waals surface area contributed by atoms with E-state index in [1.807, 2.05) is 6.07 Å². The number of ether oxygens (including phenoxy) is 1. The number of hydrogen-bond acceptors (Lipinski definition) is 6. The molecule has 3 rings (SSSR count). The molecule has 2 aliphatic heterocycles. The second kappa shape index (κ2) is 10.7. The van der Waals surface area contributed by atoms with Gasteiger partial charge in [0.25, 0.3) is 0 Å². The smallest absolute Gasteiger partial charge is 0.370 e. The molecule has 2 saturated heterocycles. The molecule has 7 atom stereocenters. The maximum absolute atomic E-state index is 13.6. The molecular formula is C23H30Cl2F3N5O5. The molecule has 3 N–H and O–H groups in total. The van der Waals surface area contributed by atoms with Crippen molar-refractivity contribution >= 4 is 46.8 Å². The molecule has 15 heteroatoms. The van der Waals surface area contributed by atoms with Crippen LogP contribution in [0.2, 0.25) is 0 Å². The average Bonchev–Trinajstić information content (AvgIpc) is 3.14. The monoisotopic (exact) mass is 583 g/mol. The van der Waals surface area contributed by atoms with Crippen molar-refractivity contribution in [2.24, 2.45) is 17.8 Å². The van der Waals surface area contributed by atoms with Crippen molar-refractivity contribution in [1.82, 2.24) is 20.9 Å². The summed E-state index contributed by atoms with van der Waals surface area (Å²) in [6.07, 6.45) is -5.95. The van der Waals surface area contributed by atoms with Crippen LogP contribution in [0.1, 0.15) is 40.5 Å². The highest BCUT2D eigenvalue weighted by Gasteiger charge is 2.74. The number of hydrogen-bond donors (Lipinski definition) is 3. The number of carbonyl (C=O) groups is 4. The second-order valence-electron chi connectivity index (χ2n) is 10.8. The van der Waals surface area contributed by atoms with Gasteiger partial charge in [0, 0.05) is 30.8 Å². The summed E-state index contributed by atoms with van der Waals surface area (Å²) < 4.78 is 43.5. The lowest BCUT2D eigenvalue weighted by atomic mass is 9.98. The summed E-state index contributed by atoms with van der Waals surface area (Å²) in [6, 6.07) is -2.25. The summed E-state index contributed by atoms with van der Waals surface area (Å²) in [5, 5.41) is 16.4. The van der Waals surface area contributed by atoms with E-state index in [-0.39, 0.29) is 18.9 Å². The fraction of sp³-hybridized carbons (Fsp3) is 0.783. The van der Waals surface area contributed by atoms with E-state index in [2.05, 4.69) is 10.6 Å². The van der Waals surface area contributed by atoms with Crippen LogP contribution in [0.4, 0.5) is 13.2 Å². The second-order valence-corrected chi connectivity index (χ2v) is 12.3. The fourth-order valence-corrected chi connectivity index (χ4v) is 5.92. The molecule has 0 spiro atoms. The Bertz CT molecular complexity index is 1030. The van der Waals surface area contributed by atoms with Crippen molar-refractivity contribution in [2.45, 2.75) is 80.9 Å². The number of nitrogens with zero attached hydrogens (tertiary/aromatic N) is 2. The molecule has 212 valence electrons. The number of rotatable bonds is 8. The lowest BCUT2D eigenvalue weighted by Gasteiger charge is -2.36. The first kappa shape index (κ1) is 30.2. The molecule has 4 amide bonds. The SMILES string of the molecule is C[C@@H](OC(C)(C)C)C(NC(=O)C(F)(F)F)C(=O)N1C[C@H]2[C@@H]([C@H]1C(=O)N[C@H](C#N)C[C@@H]1CCNC1=O)C2(Cl)Cl. The van der Waals surface area contributed by atoms with Crippen LogP contribution in [0.5, 0.6) is 0 Å². The van der Waals surface area contributed by atoms with Crippen LogP contribution in [0, 0.1) is 29.1 Å². The molecule has 2 heterocycles. The molecule has 0 bridgehead atoms. The number of fused-ring (bicyclic) bond motifs is 1. The van der Waals surface area contributed by atoms with E-state index < -0.39 is 75.8 Å². The van der Waals surface area contributed by atoms with Gasteiger partial charge in [-0.05, 0) is 40.5 Å². The van der Waals surface area contributed by atoms with Gasteiger partial charge in [-0.15, -0.1) is 23.2 Å². The number of carbonyl (C=O) groups excluding carboxylic acids is 4. The fourth-order valence-electron chi connectivity index (χ4n) is 5.10. The number of nitrogens with one attached hydrogen (secondary N) is 3. The molecule has 1 unspecified atom stereocenters. The summed E-state index contributed by atoms with van der Waals surface area (Å²) in [4.78, 5) is 51.6. The largest absolute Gasteiger partial charge is 0.471 e. The minimum absolute atomic E-state index is 0.0381. The Balaban J connectivity index is 1.84. The van der Waals surface area contributed by atoms with Crippen LogP contribution in [0.15, 0.2) is 0 Å². The predicted octanol–water partition coefficient (Wildman–Crippen LogP) is 1.40. The molecular weight excluding hydrogens is 554 g/mol. The van der Waals surface area contributed by atoms with Crippen LogP contribution in [0.25, 0.3) is 0 Å². The lowest BCUT2D eigenvalue weighted by molar-refractivity contribution is -0.177. The van der Waals surface area contributed by atoms with Crippen molar-refractivity contribution in [3.63, 3.8) is 0 Å². The van der Waals surface area contributed by atoms with Crippen LogP contribution < -0.4 is 16.0 Å². The van der Waals surface area contributed by atoms with Crippen LogP contribution in [-0.2, 0) is 23.9 Å². The third-order valence-electron chi connectivity index (χ3n) is 6.86. The molecule has 0 aromatic heterocycles. The van der Waals surface area contributed by atoms with E-state index in [0.29, 0.717) is 13.0 Å². The zero-order valence-corrected chi connectivity index (χ0v) is 22.7. The summed E-state index contributed by atoms with van der Waals surface area (Å²) >= 11 is 12.6. The predicted molar refractivity (Wildman–Crippen MR) is 128 cm³/mol. The standard InChI is InChI=1S/C23H30Cl2F3N5O5/c1-10(38-21(2,3)4)15(32-20(37)23(26,27)28)19(36)33-9-13-14(22(13,24)25)16(33)18(35)31-12(8-29)7-11-5-6-30-17(11)34/h10-16H,5-7,9H2,1-4H3,(H,30,34)(H,31,35)(H,32,37)/t10-,11+,12+,13+,14+,15?,16+/m1/s1. The third kappa shape index (κ3) is 6.46. The Kier molecular flexibility index (Phi) is 8.51. The third-order valence-corrected chi connectivity index (χ3v) is 7.92. The van der Waals surface area contributed by atoms with Gasteiger partial charge in [0.2, 0.25) is 17.7 Å². The Hall–Kier alpha value is -2.30. The molecule has 3 fully saturated rings. The van der Waals surface area contributed by atoms with Gasteiger partial charge in [-0.25, -0.2) is 0 Å². The first-order valence-electron chi connectivity index (χ1n) is 12.1. The van der Waals surface area contributed by atoms with E-state index in [1.54, 1.807) is 26.1 Å². The van der Waals surface area contributed by atoms with Crippen molar-refractivity contribution in [2.75, 3.05) is 13.1 Å². The van der Waals surface area contributed by atoms with Crippen LogP contribution in [0.3, 0.4) is 0 Å². The minimum atomic E-state index is -5.27. The zero-order valence-electron chi connectivity index (χ0n) is 21.2.